The summed E-state index contributed by atoms with van der Waals surface area (Å²) < 4.78 is 43.2. The lowest BCUT2D eigenvalue weighted by atomic mass is 10.0. The lowest BCUT2D eigenvalue weighted by Gasteiger charge is -2.38. The van der Waals surface area contributed by atoms with Gasteiger partial charge >= 0.3 is 12.1 Å². The minimum atomic E-state index is -5.08. The molecule has 7 nitrogen and oxygen atoms in total. The number of hydrogen-bond acceptors (Lipinski definition) is 6. The van der Waals surface area contributed by atoms with Gasteiger partial charge in [0, 0.05) is 48.7 Å². The monoisotopic (exact) mass is 427 g/mol. The Morgan fingerprint density at radius 2 is 2.10 bits per heavy atom. The fraction of sp³-hybridized carbons (Fsp3) is 0.500. The van der Waals surface area contributed by atoms with Crippen LogP contribution < -0.4 is 14.8 Å². The van der Waals surface area contributed by atoms with Crippen molar-refractivity contribution in [3.8, 4) is 11.6 Å². The highest BCUT2D eigenvalue weighted by Gasteiger charge is 2.38. The molecule has 2 aliphatic heterocycles. The number of halogens is 3. The third-order valence-electron chi connectivity index (χ3n) is 5.13. The predicted molar refractivity (Wildman–Crippen MR) is 104 cm³/mol. The van der Waals surface area contributed by atoms with Crippen molar-refractivity contribution in [1.82, 2.24) is 15.2 Å². The van der Waals surface area contributed by atoms with Gasteiger partial charge < -0.3 is 19.9 Å². The summed E-state index contributed by atoms with van der Waals surface area (Å²) in [4.78, 5) is 16.1. The molecule has 1 aromatic heterocycles. The molecule has 0 saturated carbocycles. The zero-order chi connectivity index (χ0) is 21.9. The Kier molecular flexibility index (Phi) is 6.67. The van der Waals surface area contributed by atoms with Crippen LogP contribution in [-0.2, 0) is 11.3 Å². The molecule has 10 heteroatoms. The molecule has 0 bridgehead atoms. The molecule has 0 spiro atoms. The summed E-state index contributed by atoms with van der Waals surface area (Å²) in [5.41, 5.74) is 3.25. The van der Waals surface area contributed by atoms with Gasteiger partial charge in [-0.25, -0.2) is 9.78 Å². The van der Waals surface area contributed by atoms with Gasteiger partial charge in [-0.3, -0.25) is 4.90 Å². The molecule has 1 aromatic carbocycles. The van der Waals surface area contributed by atoms with E-state index >= 15 is 0 Å². The SMILES string of the molecule is COc1nc2cc3c(cc2cc1C)OCC[C@H]1CNCCN1C3.O=C(O)C(F)(F)F. The van der Waals surface area contributed by atoms with E-state index in [0.29, 0.717) is 11.9 Å². The van der Waals surface area contributed by atoms with Gasteiger partial charge in [-0.2, -0.15) is 13.2 Å². The van der Waals surface area contributed by atoms with Crippen LogP contribution in [0.1, 0.15) is 17.5 Å². The van der Waals surface area contributed by atoms with E-state index in [4.69, 9.17) is 19.4 Å². The highest BCUT2D eigenvalue weighted by molar-refractivity contribution is 5.83. The van der Waals surface area contributed by atoms with Crippen LogP contribution in [-0.4, -0.2) is 66.5 Å². The summed E-state index contributed by atoms with van der Waals surface area (Å²) in [6.07, 6.45) is -4.01. The van der Waals surface area contributed by atoms with Crippen molar-refractivity contribution in [3.05, 3.63) is 29.3 Å². The number of carbonyl (C=O) groups is 1. The van der Waals surface area contributed by atoms with Crippen molar-refractivity contribution in [2.24, 2.45) is 0 Å². The largest absolute Gasteiger partial charge is 0.493 e. The second kappa shape index (κ2) is 9.05. The first-order valence-corrected chi connectivity index (χ1v) is 9.55. The van der Waals surface area contributed by atoms with Crippen LogP contribution in [0.15, 0.2) is 18.2 Å². The third kappa shape index (κ3) is 5.11. The van der Waals surface area contributed by atoms with Crippen LogP contribution in [0.25, 0.3) is 10.9 Å². The lowest BCUT2D eigenvalue weighted by molar-refractivity contribution is -0.192. The second-order valence-corrected chi connectivity index (χ2v) is 7.24. The predicted octanol–water partition coefficient (Wildman–Crippen LogP) is 2.74. The van der Waals surface area contributed by atoms with Crippen molar-refractivity contribution in [2.45, 2.75) is 32.1 Å². The summed E-state index contributed by atoms with van der Waals surface area (Å²) in [5.74, 6) is -1.06. The van der Waals surface area contributed by atoms with Crippen LogP contribution in [0.4, 0.5) is 13.2 Å². The van der Waals surface area contributed by atoms with Gasteiger partial charge in [0.15, 0.2) is 0 Å². The number of pyridine rings is 1. The summed E-state index contributed by atoms with van der Waals surface area (Å²) in [6.45, 7) is 6.92. The van der Waals surface area contributed by atoms with Crippen LogP contribution in [0.3, 0.4) is 0 Å². The summed E-state index contributed by atoms with van der Waals surface area (Å²) >= 11 is 0. The van der Waals surface area contributed by atoms with E-state index < -0.39 is 12.1 Å². The average Bonchev–Trinajstić information content (AvgIpc) is 2.67. The standard InChI is InChI=1S/C18H23N3O2.C2HF3O2/c1-12-7-13-9-17-14(8-16(13)20-18(12)22-2)11-21-5-4-19-10-15(21)3-6-23-17;3-2(4,5)1(6)7/h7-9,15,19H,3-6,10-11H2,1-2H3;(H,6,7)/t15-;/m0./s1. The maximum atomic E-state index is 10.6. The Bertz CT molecular complexity index is 920. The fourth-order valence-corrected chi connectivity index (χ4v) is 3.62. The number of carboxylic acid groups (broad SMARTS) is 1. The molecule has 1 fully saturated rings. The Labute approximate surface area is 171 Å². The second-order valence-electron chi connectivity index (χ2n) is 7.24. The van der Waals surface area contributed by atoms with E-state index in [2.05, 4.69) is 33.4 Å². The topological polar surface area (TPSA) is 83.9 Å². The molecule has 0 aliphatic carbocycles. The normalized spacial score (nSPS) is 19.3. The molecule has 2 N–H and O–H groups in total. The molecule has 0 unspecified atom stereocenters. The third-order valence-corrected chi connectivity index (χ3v) is 5.13. The van der Waals surface area contributed by atoms with E-state index in [-0.39, 0.29) is 0 Å². The van der Waals surface area contributed by atoms with Gasteiger partial charge in [0.25, 0.3) is 0 Å². The number of carboxylic acids is 1. The number of aryl methyl sites for hydroxylation is 1. The average molecular weight is 427 g/mol. The van der Waals surface area contributed by atoms with Crippen molar-refractivity contribution in [1.29, 1.82) is 0 Å². The number of nitrogens with one attached hydrogen (secondary N) is 1. The van der Waals surface area contributed by atoms with Gasteiger partial charge in [-0.1, -0.05) is 0 Å². The highest BCUT2D eigenvalue weighted by Crippen LogP contribution is 2.31. The number of aromatic nitrogens is 1. The Morgan fingerprint density at radius 3 is 2.77 bits per heavy atom. The molecular weight excluding hydrogens is 403 g/mol. The molecular formula is C20H24F3N3O4. The van der Waals surface area contributed by atoms with Gasteiger partial charge in [-0.05, 0) is 31.5 Å². The molecule has 30 heavy (non-hydrogen) atoms. The summed E-state index contributed by atoms with van der Waals surface area (Å²) in [7, 11) is 1.67. The number of hydrogen-bond donors (Lipinski definition) is 2. The van der Waals surface area contributed by atoms with Gasteiger partial charge in [0.2, 0.25) is 5.88 Å². The molecule has 2 aliphatic rings. The van der Waals surface area contributed by atoms with E-state index in [9.17, 15) is 13.2 Å². The number of ether oxygens (including phenoxy) is 2. The number of benzene rings is 1. The first-order chi connectivity index (χ1) is 14.2. The number of alkyl halides is 3. The van der Waals surface area contributed by atoms with Crippen molar-refractivity contribution in [2.75, 3.05) is 33.4 Å². The minimum absolute atomic E-state index is 0.563. The minimum Gasteiger partial charge on any atom is -0.493 e. The van der Waals surface area contributed by atoms with Crippen molar-refractivity contribution >= 4 is 16.9 Å². The first kappa shape index (κ1) is 22.1. The van der Waals surface area contributed by atoms with Crippen LogP contribution in [0.5, 0.6) is 11.6 Å². The highest BCUT2D eigenvalue weighted by atomic mass is 19.4. The summed E-state index contributed by atoms with van der Waals surface area (Å²) in [6, 6.07) is 6.98. The quantitative estimate of drug-likeness (QED) is 0.724. The molecule has 1 saturated heterocycles. The van der Waals surface area contributed by atoms with Gasteiger partial charge in [-0.15, -0.1) is 0 Å². The smallest absolute Gasteiger partial charge is 0.490 e. The number of fused-ring (bicyclic) bond motifs is 3. The van der Waals surface area contributed by atoms with Gasteiger partial charge in [0.1, 0.15) is 5.75 Å². The zero-order valence-corrected chi connectivity index (χ0v) is 16.8. The molecule has 0 radical (unpaired) electrons. The Morgan fingerprint density at radius 1 is 1.37 bits per heavy atom. The number of rotatable bonds is 1. The fourth-order valence-electron chi connectivity index (χ4n) is 3.62. The van der Waals surface area contributed by atoms with E-state index in [1.807, 2.05) is 6.92 Å². The molecule has 4 rings (SSSR count). The lowest BCUT2D eigenvalue weighted by Crippen LogP contribution is -2.51. The Balaban J connectivity index is 0.000000318. The van der Waals surface area contributed by atoms with Crippen LogP contribution in [0, 0.1) is 6.92 Å². The first-order valence-electron chi connectivity index (χ1n) is 9.55. The van der Waals surface area contributed by atoms with Gasteiger partial charge in [0.05, 0.1) is 19.2 Å². The van der Waals surface area contributed by atoms with E-state index in [0.717, 1.165) is 61.4 Å². The molecule has 164 valence electrons. The van der Waals surface area contributed by atoms with E-state index in [1.54, 1.807) is 7.11 Å². The van der Waals surface area contributed by atoms with Crippen LogP contribution in [0.2, 0.25) is 0 Å². The molecule has 2 aromatic rings. The van der Waals surface area contributed by atoms with Crippen molar-refractivity contribution in [3.63, 3.8) is 0 Å². The number of aliphatic carboxylic acids is 1. The maximum absolute atomic E-state index is 10.6. The van der Waals surface area contributed by atoms with Crippen molar-refractivity contribution < 1.29 is 32.5 Å². The molecule has 3 heterocycles. The Hall–Kier alpha value is -2.59. The van der Waals surface area contributed by atoms with Crippen LogP contribution >= 0.6 is 0 Å². The summed E-state index contributed by atoms with van der Waals surface area (Å²) in [5, 5.41) is 11.7. The molecule has 1 atom stereocenters. The number of nitrogens with zero attached hydrogens (tertiary/aromatic N) is 2. The number of methoxy groups -OCH3 is 1. The molecule has 0 amide bonds. The van der Waals surface area contributed by atoms with E-state index in [1.165, 1.54) is 5.56 Å². The maximum Gasteiger partial charge on any atom is 0.490 e. The zero-order valence-electron chi connectivity index (χ0n) is 16.8. The number of piperazine rings is 1.